The van der Waals surface area contributed by atoms with Gasteiger partial charge in [-0.15, -0.1) is 0 Å². The maximum Gasteiger partial charge on any atom is 0.0674 e. The fourth-order valence-corrected chi connectivity index (χ4v) is 3.78. The van der Waals surface area contributed by atoms with E-state index < -0.39 is 0 Å². The number of nitrogens with zero attached hydrogens (tertiary/aromatic N) is 3. The van der Waals surface area contributed by atoms with Gasteiger partial charge >= 0.3 is 0 Å². The van der Waals surface area contributed by atoms with Gasteiger partial charge in [0.05, 0.1) is 18.8 Å². The van der Waals surface area contributed by atoms with Crippen LogP contribution < -0.4 is 0 Å². The monoisotopic (exact) mass is 291 g/mol. The predicted molar refractivity (Wildman–Crippen MR) is 85.4 cm³/mol. The molecule has 21 heavy (non-hydrogen) atoms. The van der Waals surface area contributed by atoms with Crippen LogP contribution in [0.25, 0.3) is 0 Å². The second-order valence-corrected chi connectivity index (χ2v) is 6.57. The van der Waals surface area contributed by atoms with Gasteiger partial charge in [-0.3, -0.25) is 9.80 Å². The Kier molecular flexibility index (Phi) is 4.99. The highest BCUT2D eigenvalue weighted by atomic mass is 16.5. The number of ether oxygens (including phenoxy) is 1. The number of aromatic nitrogens is 1. The summed E-state index contributed by atoms with van der Waals surface area (Å²) in [6.07, 6.45) is 6.58. The van der Waals surface area contributed by atoms with Gasteiger partial charge in [0.1, 0.15) is 0 Å². The maximum atomic E-state index is 5.64. The fraction of sp³-hybridized carbons (Fsp3) is 0.765. The molecule has 118 valence electrons. The van der Waals surface area contributed by atoms with Gasteiger partial charge in [-0.05, 0) is 38.4 Å². The first-order chi connectivity index (χ1) is 10.2. The van der Waals surface area contributed by atoms with Crippen molar-refractivity contribution in [2.75, 3.05) is 39.3 Å². The van der Waals surface area contributed by atoms with Gasteiger partial charge in [0, 0.05) is 45.1 Å². The number of likely N-dealkylation sites (tertiary alicyclic amines) is 1. The molecule has 1 aromatic heterocycles. The molecule has 0 radical (unpaired) electrons. The summed E-state index contributed by atoms with van der Waals surface area (Å²) < 4.78 is 7.93. The molecule has 4 nitrogen and oxygen atoms in total. The Hall–Kier alpha value is -0.840. The van der Waals surface area contributed by atoms with Crippen LogP contribution in [0, 0.1) is 0 Å². The van der Waals surface area contributed by atoms with Gasteiger partial charge in [0.15, 0.2) is 0 Å². The van der Waals surface area contributed by atoms with Gasteiger partial charge in [-0.1, -0.05) is 6.42 Å². The third-order valence-corrected chi connectivity index (χ3v) is 4.97. The van der Waals surface area contributed by atoms with Crippen LogP contribution in [-0.2, 0) is 11.8 Å². The second kappa shape index (κ2) is 6.95. The zero-order chi connectivity index (χ0) is 14.7. The normalized spacial score (nSPS) is 28.9. The van der Waals surface area contributed by atoms with Crippen molar-refractivity contribution in [1.82, 2.24) is 14.4 Å². The molecule has 0 aliphatic carbocycles. The maximum absolute atomic E-state index is 5.64. The summed E-state index contributed by atoms with van der Waals surface area (Å²) in [5.74, 6) is 0. The first kappa shape index (κ1) is 15.1. The van der Waals surface area contributed by atoms with Crippen LogP contribution in [-0.4, -0.2) is 59.8 Å². The Morgan fingerprint density at radius 2 is 2.14 bits per heavy atom. The molecule has 3 heterocycles. The summed E-state index contributed by atoms with van der Waals surface area (Å²) in [4.78, 5) is 5.25. The Labute approximate surface area is 128 Å². The number of morpholine rings is 1. The van der Waals surface area contributed by atoms with Crippen LogP contribution in [0.5, 0.6) is 0 Å². The predicted octanol–water partition coefficient (Wildman–Crippen LogP) is 2.27. The number of hydrogen-bond donors (Lipinski definition) is 0. The van der Waals surface area contributed by atoms with Crippen LogP contribution in [0.1, 0.15) is 37.9 Å². The third-order valence-electron chi connectivity index (χ3n) is 4.97. The van der Waals surface area contributed by atoms with Crippen LogP contribution in [0.2, 0.25) is 0 Å². The standard InChI is InChI=1S/C17H29N3O/c1-15-14-19(12-13-21-15)10-11-20-9-4-3-6-17(20)16-7-5-8-18(16)2/h5,7-8,15,17H,3-4,6,9-14H2,1-2H3/t15-,17+/m1/s1. The van der Waals surface area contributed by atoms with Crippen LogP contribution in [0.15, 0.2) is 18.3 Å². The summed E-state index contributed by atoms with van der Waals surface area (Å²) in [7, 11) is 2.17. The third kappa shape index (κ3) is 3.68. The summed E-state index contributed by atoms with van der Waals surface area (Å²) in [5.41, 5.74) is 1.48. The largest absolute Gasteiger partial charge is 0.376 e. The Morgan fingerprint density at radius 1 is 1.24 bits per heavy atom. The van der Waals surface area contributed by atoms with Gasteiger partial charge in [0.25, 0.3) is 0 Å². The van der Waals surface area contributed by atoms with Crippen molar-refractivity contribution in [1.29, 1.82) is 0 Å². The van der Waals surface area contributed by atoms with E-state index in [0.29, 0.717) is 12.1 Å². The minimum absolute atomic E-state index is 0.392. The van der Waals surface area contributed by atoms with E-state index in [2.05, 4.69) is 46.7 Å². The van der Waals surface area contributed by atoms with E-state index in [4.69, 9.17) is 4.74 Å². The average Bonchev–Trinajstić information content (AvgIpc) is 2.91. The van der Waals surface area contributed by atoms with Gasteiger partial charge < -0.3 is 9.30 Å². The molecule has 0 bridgehead atoms. The minimum Gasteiger partial charge on any atom is -0.376 e. The summed E-state index contributed by atoms with van der Waals surface area (Å²) in [6.45, 7) is 8.85. The molecule has 2 aliphatic rings. The lowest BCUT2D eigenvalue weighted by Crippen LogP contribution is -2.46. The first-order valence-corrected chi connectivity index (χ1v) is 8.43. The van der Waals surface area contributed by atoms with Crippen molar-refractivity contribution < 1.29 is 4.74 Å². The Balaban J connectivity index is 1.58. The van der Waals surface area contributed by atoms with E-state index in [9.17, 15) is 0 Å². The fourth-order valence-electron chi connectivity index (χ4n) is 3.78. The molecule has 0 unspecified atom stereocenters. The highest BCUT2D eigenvalue weighted by Gasteiger charge is 2.26. The van der Waals surface area contributed by atoms with Crippen LogP contribution in [0.4, 0.5) is 0 Å². The average molecular weight is 291 g/mol. The quantitative estimate of drug-likeness (QED) is 0.849. The minimum atomic E-state index is 0.392. The summed E-state index contributed by atoms with van der Waals surface area (Å²) >= 11 is 0. The van der Waals surface area contributed by atoms with E-state index >= 15 is 0 Å². The molecule has 1 aromatic rings. The number of hydrogen-bond acceptors (Lipinski definition) is 3. The lowest BCUT2D eigenvalue weighted by molar-refractivity contribution is -0.0229. The van der Waals surface area contributed by atoms with E-state index in [1.807, 2.05) is 0 Å². The Morgan fingerprint density at radius 3 is 2.90 bits per heavy atom. The van der Waals surface area contributed by atoms with Crippen molar-refractivity contribution >= 4 is 0 Å². The van der Waals surface area contributed by atoms with Crippen molar-refractivity contribution in [2.45, 2.75) is 38.3 Å². The molecule has 2 saturated heterocycles. The summed E-state index contributed by atoms with van der Waals surface area (Å²) in [6, 6.07) is 5.07. The molecule has 4 heteroatoms. The highest BCUT2D eigenvalue weighted by Crippen LogP contribution is 2.30. The van der Waals surface area contributed by atoms with E-state index in [0.717, 1.165) is 19.7 Å². The molecule has 0 N–H and O–H groups in total. The number of rotatable bonds is 4. The highest BCUT2D eigenvalue weighted by molar-refractivity contribution is 5.12. The van der Waals surface area contributed by atoms with Crippen molar-refractivity contribution in [3.63, 3.8) is 0 Å². The van der Waals surface area contributed by atoms with Crippen molar-refractivity contribution in [2.24, 2.45) is 7.05 Å². The molecule has 0 saturated carbocycles. The van der Waals surface area contributed by atoms with E-state index in [1.165, 1.54) is 44.6 Å². The first-order valence-electron chi connectivity index (χ1n) is 8.43. The molecule has 2 aliphatic heterocycles. The van der Waals surface area contributed by atoms with Crippen molar-refractivity contribution in [3.05, 3.63) is 24.0 Å². The number of piperidine rings is 1. The zero-order valence-electron chi connectivity index (χ0n) is 13.5. The van der Waals surface area contributed by atoms with Gasteiger partial charge in [-0.2, -0.15) is 0 Å². The van der Waals surface area contributed by atoms with Crippen LogP contribution in [0.3, 0.4) is 0 Å². The van der Waals surface area contributed by atoms with Crippen molar-refractivity contribution in [3.8, 4) is 0 Å². The smallest absolute Gasteiger partial charge is 0.0674 e. The van der Waals surface area contributed by atoms with E-state index in [1.54, 1.807) is 0 Å². The lowest BCUT2D eigenvalue weighted by atomic mass is 9.99. The molecule has 2 fully saturated rings. The second-order valence-electron chi connectivity index (χ2n) is 6.57. The molecule has 2 atom stereocenters. The van der Waals surface area contributed by atoms with Gasteiger partial charge in [-0.25, -0.2) is 0 Å². The molecule has 0 amide bonds. The molecular weight excluding hydrogens is 262 g/mol. The van der Waals surface area contributed by atoms with E-state index in [-0.39, 0.29) is 0 Å². The molecule has 0 spiro atoms. The topological polar surface area (TPSA) is 20.6 Å². The molecule has 0 aromatic carbocycles. The lowest BCUT2D eigenvalue weighted by Gasteiger charge is -2.38. The van der Waals surface area contributed by atoms with Gasteiger partial charge in [0.2, 0.25) is 0 Å². The molecular formula is C17H29N3O. The SMILES string of the molecule is C[C@@H]1CN(CCN2CCCC[C@H]2c2cccn2C)CCO1. The summed E-state index contributed by atoms with van der Waals surface area (Å²) in [5, 5.41) is 0. The number of aryl methyl sites for hydroxylation is 1. The van der Waals surface area contributed by atoms with Crippen LogP contribution >= 0.6 is 0 Å². The zero-order valence-corrected chi connectivity index (χ0v) is 13.5. The Bertz CT molecular complexity index is 445. The molecule has 3 rings (SSSR count).